The van der Waals surface area contributed by atoms with Crippen LogP contribution in [0.4, 0.5) is 11.4 Å². The average molecular weight is 275 g/mol. The molecule has 0 aliphatic rings. The third kappa shape index (κ3) is 4.15. The zero-order chi connectivity index (χ0) is 14.4. The number of nitrogen functional groups attached to an aromatic ring is 1. The van der Waals surface area contributed by atoms with Gasteiger partial charge in [0.05, 0.1) is 6.61 Å². The second-order valence-electron chi connectivity index (χ2n) is 4.65. The molecular formula is C14H21N5O. The standard InChI is InChI=1S/C14H21N5O/c1-3-6-20-13-8-11(15)7-12(9-13)16-5-4-14-17-10-19(2)18-14/h7-10,16H,3-6,15H2,1-2H3. The van der Waals surface area contributed by atoms with Gasteiger partial charge in [0.1, 0.15) is 12.1 Å². The number of hydrogen-bond donors (Lipinski definition) is 2. The van der Waals surface area contributed by atoms with E-state index in [4.69, 9.17) is 10.5 Å². The van der Waals surface area contributed by atoms with Crippen LogP contribution in [0.1, 0.15) is 19.2 Å². The molecular weight excluding hydrogens is 254 g/mol. The second-order valence-corrected chi connectivity index (χ2v) is 4.65. The van der Waals surface area contributed by atoms with Crippen LogP contribution < -0.4 is 15.8 Å². The van der Waals surface area contributed by atoms with E-state index < -0.39 is 0 Å². The van der Waals surface area contributed by atoms with E-state index in [1.807, 2.05) is 25.2 Å². The topological polar surface area (TPSA) is 78.0 Å². The van der Waals surface area contributed by atoms with Gasteiger partial charge in [0, 0.05) is 43.5 Å². The molecule has 2 aromatic rings. The monoisotopic (exact) mass is 275 g/mol. The van der Waals surface area contributed by atoms with E-state index >= 15 is 0 Å². The van der Waals surface area contributed by atoms with Crippen molar-refractivity contribution in [1.82, 2.24) is 14.8 Å². The van der Waals surface area contributed by atoms with Crippen molar-refractivity contribution in [3.05, 3.63) is 30.4 Å². The molecule has 0 aliphatic heterocycles. The first-order chi connectivity index (χ1) is 9.67. The highest BCUT2D eigenvalue weighted by Gasteiger charge is 2.02. The molecule has 1 aromatic carbocycles. The first-order valence-electron chi connectivity index (χ1n) is 6.79. The van der Waals surface area contributed by atoms with Crippen molar-refractivity contribution in [3.8, 4) is 5.75 Å². The summed E-state index contributed by atoms with van der Waals surface area (Å²) in [6.07, 6.45) is 3.44. The van der Waals surface area contributed by atoms with Crippen molar-refractivity contribution < 1.29 is 4.74 Å². The van der Waals surface area contributed by atoms with E-state index in [9.17, 15) is 0 Å². The van der Waals surface area contributed by atoms with Gasteiger partial charge in [-0.15, -0.1) is 0 Å². The van der Waals surface area contributed by atoms with E-state index in [0.29, 0.717) is 12.3 Å². The fourth-order valence-electron chi connectivity index (χ4n) is 1.84. The van der Waals surface area contributed by atoms with Crippen molar-refractivity contribution in [2.45, 2.75) is 19.8 Å². The lowest BCUT2D eigenvalue weighted by atomic mass is 10.2. The quantitative estimate of drug-likeness (QED) is 0.754. The predicted octanol–water partition coefficient (Wildman–Crippen LogP) is 1.84. The summed E-state index contributed by atoms with van der Waals surface area (Å²) in [6.45, 7) is 3.52. The fraction of sp³-hybridized carbons (Fsp3) is 0.429. The number of aromatic nitrogens is 3. The Kier molecular flexibility index (Phi) is 4.81. The maximum Gasteiger partial charge on any atom is 0.152 e. The molecule has 1 aromatic heterocycles. The number of rotatable bonds is 7. The van der Waals surface area contributed by atoms with Crippen molar-refractivity contribution in [1.29, 1.82) is 0 Å². The Morgan fingerprint density at radius 3 is 2.90 bits per heavy atom. The molecule has 0 radical (unpaired) electrons. The minimum absolute atomic E-state index is 0.692. The lowest BCUT2D eigenvalue weighted by Gasteiger charge is -2.10. The maximum absolute atomic E-state index is 5.87. The number of hydrogen-bond acceptors (Lipinski definition) is 5. The molecule has 108 valence electrons. The molecule has 20 heavy (non-hydrogen) atoms. The summed E-state index contributed by atoms with van der Waals surface area (Å²) >= 11 is 0. The minimum Gasteiger partial charge on any atom is -0.493 e. The van der Waals surface area contributed by atoms with Gasteiger partial charge in [0.2, 0.25) is 0 Å². The number of aryl methyl sites for hydroxylation is 1. The Labute approximate surface area is 119 Å². The first kappa shape index (κ1) is 14.2. The van der Waals surface area contributed by atoms with Crippen LogP contribution in [-0.4, -0.2) is 27.9 Å². The normalized spacial score (nSPS) is 10.5. The molecule has 3 N–H and O–H groups in total. The molecule has 1 heterocycles. The van der Waals surface area contributed by atoms with Crippen LogP contribution in [0.15, 0.2) is 24.5 Å². The van der Waals surface area contributed by atoms with Gasteiger partial charge in [-0.1, -0.05) is 6.92 Å². The summed E-state index contributed by atoms with van der Waals surface area (Å²) in [5, 5.41) is 7.54. The lowest BCUT2D eigenvalue weighted by Crippen LogP contribution is -2.07. The summed E-state index contributed by atoms with van der Waals surface area (Å²) in [7, 11) is 1.86. The molecule has 2 rings (SSSR count). The Hall–Kier alpha value is -2.24. The SMILES string of the molecule is CCCOc1cc(N)cc(NCCc2ncn(C)n2)c1. The van der Waals surface area contributed by atoms with E-state index in [0.717, 1.165) is 36.6 Å². The predicted molar refractivity (Wildman–Crippen MR) is 79.8 cm³/mol. The Morgan fingerprint density at radius 1 is 1.35 bits per heavy atom. The second kappa shape index (κ2) is 6.79. The number of nitrogens with zero attached hydrogens (tertiary/aromatic N) is 3. The van der Waals surface area contributed by atoms with E-state index in [1.54, 1.807) is 11.0 Å². The summed E-state index contributed by atoms with van der Waals surface area (Å²) in [5.74, 6) is 1.62. The van der Waals surface area contributed by atoms with Gasteiger partial charge >= 0.3 is 0 Å². The third-order valence-electron chi connectivity index (χ3n) is 2.73. The number of benzene rings is 1. The minimum atomic E-state index is 0.692. The highest BCUT2D eigenvalue weighted by atomic mass is 16.5. The number of anilines is 2. The third-order valence-corrected chi connectivity index (χ3v) is 2.73. The molecule has 0 spiro atoms. The van der Waals surface area contributed by atoms with Crippen LogP contribution in [0, 0.1) is 0 Å². The number of ether oxygens (including phenoxy) is 1. The van der Waals surface area contributed by atoms with Gasteiger partial charge in [-0.25, -0.2) is 4.98 Å². The molecule has 6 heteroatoms. The van der Waals surface area contributed by atoms with Gasteiger partial charge in [-0.2, -0.15) is 5.10 Å². The van der Waals surface area contributed by atoms with Crippen LogP contribution in [0.2, 0.25) is 0 Å². The lowest BCUT2D eigenvalue weighted by molar-refractivity contribution is 0.318. The molecule has 0 bridgehead atoms. The van der Waals surface area contributed by atoms with E-state index in [1.165, 1.54) is 0 Å². The summed E-state index contributed by atoms with van der Waals surface area (Å²) in [5.41, 5.74) is 7.51. The molecule has 0 aliphatic carbocycles. The molecule has 0 saturated heterocycles. The largest absolute Gasteiger partial charge is 0.493 e. The van der Waals surface area contributed by atoms with Crippen LogP contribution in [0.5, 0.6) is 5.75 Å². The number of nitrogens with two attached hydrogens (primary N) is 1. The Morgan fingerprint density at radius 2 is 2.20 bits per heavy atom. The average Bonchev–Trinajstić information content (AvgIpc) is 2.81. The zero-order valence-electron chi connectivity index (χ0n) is 12.0. The summed E-state index contributed by atoms with van der Waals surface area (Å²) in [4.78, 5) is 4.19. The van der Waals surface area contributed by atoms with E-state index in [-0.39, 0.29) is 0 Å². The molecule has 0 atom stereocenters. The first-order valence-corrected chi connectivity index (χ1v) is 6.79. The molecule has 0 saturated carbocycles. The zero-order valence-corrected chi connectivity index (χ0v) is 12.0. The van der Waals surface area contributed by atoms with Crippen molar-refractivity contribution in [2.24, 2.45) is 7.05 Å². The Bertz CT molecular complexity index is 552. The van der Waals surface area contributed by atoms with Crippen molar-refractivity contribution >= 4 is 11.4 Å². The molecule has 6 nitrogen and oxygen atoms in total. The van der Waals surface area contributed by atoms with Gasteiger partial charge < -0.3 is 15.8 Å². The highest BCUT2D eigenvalue weighted by molar-refractivity contribution is 5.59. The van der Waals surface area contributed by atoms with Gasteiger partial charge in [0.15, 0.2) is 5.82 Å². The van der Waals surface area contributed by atoms with Gasteiger partial charge in [0.25, 0.3) is 0 Å². The summed E-state index contributed by atoms with van der Waals surface area (Å²) in [6, 6.07) is 5.68. The van der Waals surface area contributed by atoms with Crippen molar-refractivity contribution in [2.75, 3.05) is 24.2 Å². The van der Waals surface area contributed by atoms with Crippen LogP contribution in [0.3, 0.4) is 0 Å². The maximum atomic E-state index is 5.87. The van der Waals surface area contributed by atoms with E-state index in [2.05, 4.69) is 22.3 Å². The molecule has 0 amide bonds. The molecule has 0 unspecified atom stereocenters. The smallest absolute Gasteiger partial charge is 0.152 e. The summed E-state index contributed by atoms with van der Waals surface area (Å²) < 4.78 is 7.30. The van der Waals surface area contributed by atoms with Gasteiger partial charge in [-0.05, 0) is 12.5 Å². The van der Waals surface area contributed by atoms with Crippen molar-refractivity contribution in [3.63, 3.8) is 0 Å². The fourth-order valence-corrected chi connectivity index (χ4v) is 1.84. The highest BCUT2D eigenvalue weighted by Crippen LogP contribution is 2.22. The van der Waals surface area contributed by atoms with Crippen LogP contribution in [0.25, 0.3) is 0 Å². The van der Waals surface area contributed by atoms with Crippen LogP contribution >= 0.6 is 0 Å². The van der Waals surface area contributed by atoms with Crippen LogP contribution in [-0.2, 0) is 13.5 Å². The Balaban J connectivity index is 1.89. The number of nitrogens with one attached hydrogen (secondary N) is 1. The molecule has 0 fully saturated rings. The van der Waals surface area contributed by atoms with Gasteiger partial charge in [-0.3, -0.25) is 4.68 Å².